The molecule has 0 saturated carbocycles. The Balaban J connectivity index is 1.58. The predicted molar refractivity (Wildman–Crippen MR) is 111 cm³/mol. The normalized spacial score (nSPS) is 10.6. The lowest BCUT2D eigenvalue weighted by Gasteiger charge is -2.08. The van der Waals surface area contributed by atoms with Crippen molar-refractivity contribution in [1.82, 2.24) is 14.8 Å². The fourth-order valence-corrected chi connectivity index (χ4v) is 2.87. The molecular formula is C18H17Cl2N5S. The smallest absolute Gasteiger partial charge is 0.248 e. The number of rotatable bonds is 5. The summed E-state index contributed by atoms with van der Waals surface area (Å²) in [6, 6.07) is 13.6. The first-order chi connectivity index (χ1) is 12.5. The molecule has 134 valence electrons. The first kappa shape index (κ1) is 18.6. The monoisotopic (exact) mass is 405 g/mol. The van der Waals surface area contributed by atoms with E-state index in [1.54, 1.807) is 17.1 Å². The van der Waals surface area contributed by atoms with Crippen molar-refractivity contribution in [2.24, 2.45) is 0 Å². The van der Waals surface area contributed by atoms with E-state index in [0.717, 1.165) is 17.7 Å². The van der Waals surface area contributed by atoms with Gasteiger partial charge in [0.25, 0.3) is 0 Å². The number of aryl methyl sites for hydroxylation is 1. The molecule has 8 heteroatoms. The number of benzene rings is 2. The van der Waals surface area contributed by atoms with Crippen LogP contribution in [0.5, 0.6) is 0 Å². The van der Waals surface area contributed by atoms with E-state index in [0.29, 0.717) is 27.7 Å². The van der Waals surface area contributed by atoms with Crippen LogP contribution in [-0.4, -0.2) is 19.9 Å². The van der Waals surface area contributed by atoms with E-state index in [4.69, 9.17) is 35.4 Å². The zero-order valence-corrected chi connectivity index (χ0v) is 16.4. The van der Waals surface area contributed by atoms with Gasteiger partial charge in [-0.1, -0.05) is 48.3 Å². The van der Waals surface area contributed by atoms with Crippen molar-refractivity contribution >= 4 is 52.2 Å². The van der Waals surface area contributed by atoms with Crippen LogP contribution in [0.25, 0.3) is 0 Å². The lowest BCUT2D eigenvalue weighted by atomic mass is 10.1. The van der Waals surface area contributed by atoms with Crippen molar-refractivity contribution in [3.63, 3.8) is 0 Å². The lowest BCUT2D eigenvalue weighted by molar-refractivity contribution is 0.687. The summed E-state index contributed by atoms with van der Waals surface area (Å²) in [5, 5.41) is 11.9. The molecule has 3 aromatic rings. The molecule has 0 spiro atoms. The SMILES string of the molecule is CCc1ccc(NC(=S)Nc2ncn(Cc3ccc(Cl)c(Cl)c3)n2)cc1. The van der Waals surface area contributed by atoms with Gasteiger partial charge in [0.15, 0.2) is 5.11 Å². The summed E-state index contributed by atoms with van der Waals surface area (Å²) < 4.78 is 1.69. The van der Waals surface area contributed by atoms with E-state index in [9.17, 15) is 0 Å². The third kappa shape index (κ3) is 4.94. The number of aromatic nitrogens is 3. The topological polar surface area (TPSA) is 54.8 Å². The largest absolute Gasteiger partial charge is 0.332 e. The van der Waals surface area contributed by atoms with E-state index < -0.39 is 0 Å². The Kier molecular flexibility index (Phi) is 6.08. The molecule has 26 heavy (non-hydrogen) atoms. The van der Waals surface area contributed by atoms with E-state index in [2.05, 4.69) is 39.8 Å². The molecule has 0 unspecified atom stereocenters. The maximum Gasteiger partial charge on any atom is 0.248 e. The summed E-state index contributed by atoms with van der Waals surface area (Å²) in [5.74, 6) is 0.424. The lowest BCUT2D eigenvalue weighted by Crippen LogP contribution is -2.20. The van der Waals surface area contributed by atoms with Crippen LogP contribution in [0.4, 0.5) is 11.6 Å². The Labute approximate surface area is 167 Å². The summed E-state index contributed by atoms with van der Waals surface area (Å²) in [7, 11) is 0. The van der Waals surface area contributed by atoms with E-state index >= 15 is 0 Å². The van der Waals surface area contributed by atoms with Gasteiger partial charge in [0.05, 0.1) is 16.6 Å². The molecule has 3 rings (SSSR count). The summed E-state index contributed by atoms with van der Waals surface area (Å²) in [6.45, 7) is 2.65. The van der Waals surface area contributed by atoms with Crippen molar-refractivity contribution in [3.8, 4) is 0 Å². The Morgan fingerprint density at radius 3 is 2.46 bits per heavy atom. The molecule has 0 aliphatic carbocycles. The highest BCUT2D eigenvalue weighted by Gasteiger charge is 2.06. The zero-order chi connectivity index (χ0) is 18.5. The Morgan fingerprint density at radius 1 is 1.04 bits per heavy atom. The highest BCUT2D eigenvalue weighted by molar-refractivity contribution is 7.80. The van der Waals surface area contributed by atoms with Crippen molar-refractivity contribution < 1.29 is 0 Å². The molecule has 1 aromatic heterocycles. The Hall–Kier alpha value is -2.15. The fourth-order valence-electron chi connectivity index (χ4n) is 2.34. The van der Waals surface area contributed by atoms with Gasteiger partial charge in [0, 0.05) is 5.69 Å². The molecule has 0 fully saturated rings. The van der Waals surface area contributed by atoms with Crippen molar-refractivity contribution in [3.05, 3.63) is 70.0 Å². The summed E-state index contributed by atoms with van der Waals surface area (Å²) in [5.41, 5.74) is 3.17. The first-order valence-electron chi connectivity index (χ1n) is 8.04. The summed E-state index contributed by atoms with van der Waals surface area (Å²) in [6.07, 6.45) is 2.63. The second-order valence-corrected chi connectivity index (χ2v) is 6.87. The molecule has 0 atom stereocenters. The van der Waals surface area contributed by atoms with Crippen molar-refractivity contribution in [2.75, 3.05) is 10.6 Å². The molecule has 1 heterocycles. The average Bonchev–Trinajstić information content (AvgIpc) is 3.05. The van der Waals surface area contributed by atoms with E-state index in [-0.39, 0.29) is 0 Å². The summed E-state index contributed by atoms with van der Waals surface area (Å²) in [4.78, 5) is 4.22. The van der Waals surface area contributed by atoms with E-state index in [1.807, 2.05) is 24.3 Å². The number of halogens is 2. The molecule has 5 nitrogen and oxygen atoms in total. The number of nitrogens with zero attached hydrogens (tertiary/aromatic N) is 3. The van der Waals surface area contributed by atoms with Crippen LogP contribution in [0.3, 0.4) is 0 Å². The molecule has 2 N–H and O–H groups in total. The molecule has 0 radical (unpaired) electrons. The minimum absolute atomic E-state index is 0.424. The predicted octanol–water partition coefficient (Wildman–Crippen LogP) is 5.00. The van der Waals surface area contributed by atoms with Gasteiger partial charge in [-0.2, -0.15) is 0 Å². The molecule has 0 amide bonds. The third-order valence-corrected chi connectivity index (χ3v) is 4.65. The molecule has 2 aromatic carbocycles. The molecule has 0 aliphatic heterocycles. The van der Waals surface area contributed by atoms with Crippen LogP contribution in [0.15, 0.2) is 48.8 Å². The third-order valence-electron chi connectivity index (χ3n) is 3.71. The number of anilines is 2. The van der Waals surface area contributed by atoms with Gasteiger partial charge >= 0.3 is 0 Å². The highest BCUT2D eigenvalue weighted by Crippen LogP contribution is 2.22. The number of hydrogen-bond donors (Lipinski definition) is 2. The number of nitrogens with one attached hydrogen (secondary N) is 2. The van der Waals surface area contributed by atoms with Gasteiger partial charge in [0.2, 0.25) is 5.95 Å². The zero-order valence-electron chi connectivity index (χ0n) is 14.0. The average molecular weight is 406 g/mol. The maximum absolute atomic E-state index is 6.04. The van der Waals surface area contributed by atoms with Gasteiger partial charge in [-0.25, -0.2) is 9.67 Å². The minimum atomic E-state index is 0.424. The second kappa shape index (κ2) is 8.49. The van der Waals surface area contributed by atoms with Gasteiger partial charge in [0.1, 0.15) is 6.33 Å². The van der Waals surface area contributed by atoms with Gasteiger partial charge in [-0.15, -0.1) is 5.10 Å². The van der Waals surface area contributed by atoms with Crippen molar-refractivity contribution in [1.29, 1.82) is 0 Å². The van der Waals surface area contributed by atoms with Crippen LogP contribution >= 0.6 is 35.4 Å². The second-order valence-electron chi connectivity index (χ2n) is 5.64. The maximum atomic E-state index is 6.04. The van der Waals surface area contributed by atoms with Crippen LogP contribution in [0, 0.1) is 0 Å². The summed E-state index contributed by atoms with van der Waals surface area (Å²) >= 11 is 17.3. The number of thiocarbonyl (C=S) groups is 1. The van der Waals surface area contributed by atoms with Crippen LogP contribution < -0.4 is 10.6 Å². The molecular weight excluding hydrogens is 389 g/mol. The number of hydrogen-bond acceptors (Lipinski definition) is 3. The minimum Gasteiger partial charge on any atom is -0.332 e. The van der Waals surface area contributed by atoms with Gasteiger partial charge < -0.3 is 5.32 Å². The fraction of sp³-hybridized carbons (Fsp3) is 0.167. The van der Waals surface area contributed by atoms with Gasteiger partial charge in [-0.3, -0.25) is 5.32 Å². The van der Waals surface area contributed by atoms with Crippen LogP contribution in [0.2, 0.25) is 10.0 Å². The van der Waals surface area contributed by atoms with Crippen molar-refractivity contribution in [2.45, 2.75) is 19.9 Å². The van der Waals surface area contributed by atoms with Crippen LogP contribution in [0.1, 0.15) is 18.1 Å². The Bertz CT molecular complexity index is 908. The highest BCUT2D eigenvalue weighted by atomic mass is 35.5. The van der Waals surface area contributed by atoms with Gasteiger partial charge in [-0.05, 0) is 54.0 Å². The Morgan fingerprint density at radius 2 is 1.77 bits per heavy atom. The first-order valence-corrected chi connectivity index (χ1v) is 9.20. The standard InChI is InChI=1S/C18H17Cl2N5S/c1-2-12-3-6-14(7-4-12)22-18(26)23-17-21-11-25(24-17)10-13-5-8-15(19)16(20)9-13/h3-9,11H,2,10H2,1H3,(H2,22,23,24,26). The van der Waals surface area contributed by atoms with Crippen LogP contribution in [-0.2, 0) is 13.0 Å². The molecule has 0 bridgehead atoms. The quantitative estimate of drug-likeness (QED) is 0.584. The van der Waals surface area contributed by atoms with E-state index in [1.165, 1.54) is 5.56 Å². The molecule has 0 saturated heterocycles. The molecule has 0 aliphatic rings.